The summed E-state index contributed by atoms with van der Waals surface area (Å²) in [5.74, 6) is -1.08. The molecule has 0 heterocycles. The Labute approximate surface area is 151 Å². The van der Waals surface area contributed by atoms with E-state index < -0.39 is 18.2 Å². The van der Waals surface area contributed by atoms with Gasteiger partial charge in [0.05, 0.1) is 12.2 Å². The van der Waals surface area contributed by atoms with Gasteiger partial charge in [0.15, 0.2) is 0 Å². The van der Waals surface area contributed by atoms with Crippen molar-refractivity contribution in [2.24, 2.45) is 11.8 Å². The number of rotatable bonds is 13. The predicted molar refractivity (Wildman–Crippen MR) is 97.2 cm³/mol. The van der Waals surface area contributed by atoms with Gasteiger partial charge in [0.25, 0.3) is 0 Å². The Balaban J connectivity index is 2.39. The number of carboxylic acids is 1. The van der Waals surface area contributed by atoms with E-state index in [9.17, 15) is 19.8 Å². The second-order valence-electron chi connectivity index (χ2n) is 7.22. The van der Waals surface area contributed by atoms with Crippen molar-refractivity contribution in [1.29, 1.82) is 0 Å². The first-order valence-electron chi connectivity index (χ1n) is 9.74. The fraction of sp³-hybridized carbons (Fsp3) is 0.800. The molecule has 1 rings (SSSR count). The van der Waals surface area contributed by atoms with E-state index in [1.54, 1.807) is 12.2 Å². The van der Waals surface area contributed by atoms with Crippen LogP contribution in [0.5, 0.6) is 0 Å². The van der Waals surface area contributed by atoms with Gasteiger partial charge in [0.2, 0.25) is 0 Å². The van der Waals surface area contributed by atoms with Gasteiger partial charge in [-0.3, -0.25) is 9.59 Å². The summed E-state index contributed by atoms with van der Waals surface area (Å²) in [7, 11) is 0. The lowest BCUT2D eigenvalue weighted by molar-refractivity contribution is -0.137. The summed E-state index contributed by atoms with van der Waals surface area (Å²) in [6.45, 7) is 2.12. The third-order valence-electron chi connectivity index (χ3n) is 5.06. The van der Waals surface area contributed by atoms with Crippen LogP contribution in [0.1, 0.15) is 77.6 Å². The Morgan fingerprint density at radius 1 is 1.20 bits per heavy atom. The van der Waals surface area contributed by atoms with Gasteiger partial charge in [-0.1, -0.05) is 57.6 Å². The molecule has 144 valence electrons. The molecular formula is C20H34O5. The normalized spacial score (nSPS) is 24.9. The number of carbonyl (C=O) groups is 2. The SMILES string of the molecule is CCCCC[C@@H](O)/C=C/[C@@H]1C(=O)C[C@@H](O)[C@@H]1CCCCCCC(=O)O. The van der Waals surface area contributed by atoms with Gasteiger partial charge in [0, 0.05) is 18.8 Å². The Morgan fingerprint density at radius 2 is 1.92 bits per heavy atom. The molecule has 0 aromatic heterocycles. The molecule has 5 nitrogen and oxygen atoms in total. The number of carboxylic acid groups (broad SMARTS) is 1. The molecule has 25 heavy (non-hydrogen) atoms. The zero-order valence-corrected chi connectivity index (χ0v) is 15.4. The van der Waals surface area contributed by atoms with E-state index in [1.807, 2.05) is 0 Å². The highest BCUT2D eigenvalue weighted by Gasteiger charge is 2.39. The van der Waals surface area contributed by atoms with Gasteiger partial charge >= 0.3 is 5.97 Å². The number of carbonyl (C=O) groups excluding carboxylic acids is 1. The molecule has 0 saturated heterocycles. The van der Waals surface area contributed by atoms with Crippen molar-refractivity contribution in [3.63, 3.8) is 0 Å². The van der Waals surface area contributed by atoms with Gasteiger partial charge < -0.3 is 15.3 Å². The molecule has 0 spiro atoms. The van der Waals surface area contributed by atoms with Crippen molar-refractivity contribution < 1.29 is 24.9 Å². The second-order valence-corrected chi connectivity index (χ2v) is 7.22. The van der Waals surface area contributed by atoms with E-state index in [0.29, 0.717) is 12.8 Å². The first-order valence-corrected chi connectivity index (χ1v) is 9.74. The first-order chi connectivity index (χ1) is 12.0. The number of unbranched alkanes of at least 4 members (excludes halogenated alkanes) is 5. The lowest BCUT2D eigenvalue weighted by atomic mass is 9.88. The molecular weight excluding hydrogens is 320 g/mol. The summed E-state index contributed by atoms with van der Waals surface area (Å²) in [5.41, 5.74) is 0. The lowest BCUT2D eigenvalue weighted by Crippen LogP contribution is -2.19. The largest absolute Gasteiger partial charge is 0.481 e. The zero-order valence-electron chi connectivity index (χ0n) is 15.4. The summed E-state index contributed by atoms with van der Waals surface area (Å²) in [6, 6.07) is 0. The van der Waals surface area contributed by atoms with Crippen molar-refractivity contribution in [3.8, 4) is 0 Å². The number of hydrogen-bond acceptors (Lipinski definition) is 4. The van der Waals surface area contributed by atoms with Crippen LogP contribution in [0.25, 0.3) is 0 Å². The molecule has 3 N–H and O–H groups in total. The minimum absolute atomic E-state index is 0.0559. The molecule has 1 fully saturated rings. The van der Waals surface area contributed by atoms with E-state index in [1.165, 1.54) is 0 Å². The number of aliphatic hydroxyl groups excluding tert-OH is 2. The van der Waals surface area contributed by atoms with Crippen LogP contribution in [0, 0.1) is 11.8 Å². The van der Waals surface area contributed by atoms with E-state index in [0.717, 1.165) is 44.9 Å². The molecule has 5 heteroatoms. The molecule has 0 aromatic rings. The fourth-order valence-corrected chi connectivity index (χ4v) is 3.55. The minimum Gasteiger partial charge on any atom is -0.481 e. The molecule has 0 unspecified atom stereocenters. The van der Waals surface area contributed by atoms with Gasteiger partial charge in [0.1, 0.15) is 5.78 Å². The van der Waals surface area contributed by atoms with Gasteiger partial charge in [-0.15, -0.1) is 0 Å². The van der Waals surface area contributed by atoms with Crippen LogP contribution in [0.3, 0.4) is 0 Å². The van der Waals surface area contributed by atoms with Gasteiger partial charge in [-0.05, 0) is 25.2 Å². The molecule has 0 aromatic carbocycles. The number of Topliss-reactive ketones (excluding diaryl/α,β-unsaturated/α-hetero) is 1. The molecule has 0 amide bonds. The van der Waals surface area contributed by atoms with Crippen molar-refractivity contribution >= 4 is 11.8 Å². The molecule has 1 aliphatic carbocycles. The Kier molecular flexibility index (Phi) is 10.7. The van der Waals surface area contributed by atoms with Crippen LogP contribution >= 0.6 is 0 Å². The molecule has 1 saturated carbocycles. The zero-order chi connectivity index (χ0) is 18.7. The maximum atomic E-state index is 12.1. The summed E-state index contributed by atoms with van der Waals surface area (Å²) in [5, 5.41) is 28.7. The molecule has 1 aliphatic rings. The maximum Gasteiger partial charge on any atom is 0.303 e. The van der Waals surface area contributed by atoms with E-state index in [4.69, 9.17) is 5.11 Å². The minimum atomic E-state index is -0.764. The van der Waals surface area contributed by atoms with E-state index in [-0.39, 0.29) is 30.5 Å². The maximum absolute atomic E-state index is 12.1. The molecule has 0 bridgehead atoms. The highest BCUT2D eigenvalue weighted by molar-refractivity contribution is 5.85. The topological polar surface area (TPSA) is 94.8 Å². The number of allylic oxidation sites excluding steroid dienone is 1. The van der Waals surface area contributed by atoms with Gasteiger partial charge in [-0.2, -0.15) is 0 Å². The summed E-state index contributed by atoms with van der Waals surface area (Å²) in [6.07, 6.45) is 10.8. The van der Waals surface area contributed by atoms with Crippen molar-refractivity contribution in [2.75, 3.05) is 0 Å². The van der Waals surface area contributed by atoms with E-state index in [2.05, 4.69) is 6.92 Å². The number of aliphatic hydroxyl groups is 2. The average molecular weight is 354 g/mol. The van der Waals surface area contributed by atoms with E-state index >= 15 is 0 Å². The van der Waals surface area contributed by atoms with Crippen LogP contribution in [0.15, 0.2) is 12.2 Å². The lowest BCUT2D eigenvalue weighted by Gasteiger charge is -2.18. The highest BCUT2D eigenvalue weighted by atomic mass is 16.4. The number of hydrogen-bond donors (Lipinski definition) is 3. The van der Waals surface area contributed by atoms with Gasteiger partial charge in [-0.25, -0.2) is 0 Å². The highest BCUT2D eigenvalue weighted by Crippen LogP contribution is 2.34. The fourth-order valence-electron chi connectivity index (χ4n) is 3.55. The van der Waals surface area contributed by atoms with Crippen LogP contribution in [0.2, 0.25) is 0 Å². The Hall–Kier alpha value is -1.20. The van der Waals surface area contributed by atoms with Crippen molar-refractivity contribution in [1.82, 2.24) is 0 Å². The Morgan fingerprint density at radius 3 is 2.60 bits per heavy atom. The number of ketones is 1. The van der Waals surface area contributed by atoms with Crippen molar-refractivity contribution in [3.05, 3.63) is 12.2 Å². The molecule has 4 atom stereocenters. The van der Waals surface area contributed by atoms with Crippen LogP contribution < -0.4 is 0 Å². The predicted octanol–water partition coefficient (Wildman–Crippen LogP) is 3.48. The Bertz CT molecular complexity index is 432. The third-order valence-corrected chi connectivity index (χ3v) is 5.06. The monoisotopic (exact) mass is 354 g/mol. The second kappa shape index (κ2) is 12.2. The summed E-state index contributed by atoms with van der Waals surface area (Å²) in [4.78, 5) is 22.6. The molecule has 0 aliphatic heterocycles. The quantitative estimate of drug-likeness (QED) is 0.348. The van der Waals surface area contributed by atoms with Crippen LogP contribution in [-0.4, -0.2) is 39.3 Å². The standard InChI is InChI=1S/C20H34O5/c1-2-3-6-9-15(21)12-13-17-16(18(22)14-19(17)23)10-7-4-5-8-11-20(24)25/h12-13,15-18,21-22H,2-11,14H2,1H3,(H,24,25)/b13-12+/t15-,16-,17+,18-/m1/s1. The summed E-state index contributed by atoms with van der Waals surface area (Å²) >= 11 is 0. The smallest absolute Gasteiger partial charge is 0.303 e. The third kappa shape index (κ3) is 8.63. The summed E-state index contributed by atoms with van der Waals surface area (Å²) < 4.78 is 0. The average Bonchev–Trinajstić information content (AvgIpc) is 2.82. The number of aliphatic carboxylic acids is 1. The van der Waals surface area contributed by atoms with Crippen molar-refractivity contribution in [2.45, 2.75) is 89.8 Å². The first kappa shape index (κ1) is 21.8. The van der Waals surface area contributed by atoms with Crippen LogP contribution in [-0.2, 0) is 9.59 Å². The molecule has 0 radical (unpaired) electrons. The van der Waals surface area contributed by atoms with Crippen LogP contribution in [0.4, 0.5) is 0 Å².